The average Bonchev–Trinajstić information content (AvgIpc) is 2.33. The number of hydrogen-bond acceptors (Lipinski definition) is 3. The molecule has 0 radical (unpaired) electrons. The lowest BCUT2D eigenvalue weighted by Gasteiger charge is -2.09. The zero-order valence-corrected chi connectivity index (χ0v) is 9.47. The molecule has 0 atom stereocenters. The lowest BCUT2D eigenvalue weighted by molar-refractivity contribution is 0.483. The van der Waals surface area contributed by atoms with Gasteiger partial charge in [-0.25, -0.2) is 0 Å². The van der Waals surface area contributed by atoms with Gasteiger partial charge in [-0.05, 0) is 36.8 Å². The van der Waals surface area contributed by atoms with Crippen molar-refractivity contribution < 1.29 is 4.74 Å². The molecule has 0 heterocycles. The molecular weight excluding hydrogens is 212 g/mol. The summed E-state index contributed by atoms with van der Waals surface area (Å²) in [5.74, 6) is 1.09. The number of nitrogens with two attached hydrogens (primary N) is 1. The largest absolute Gasteiger partial charge is 0.454 e. The number of aryl methyl sites for hydroxylation is 1. The molecule has 84 valence electrons. The number of nitrogen functional groups attached to an aromatic ring is 1. The van der Waals surface area contributed by atoms with Crippen LogP contribution in [0.3, 0.4) is 0 Å². The molecule has 2 aromatic rings. The summed E-state index contributed by atoms with van der Waals surface area (Å²) in [6.07, 6.45) is 0. The Kier molecular flexibility index (Phi) is 2.97. The van der Waals surface area contributed by atoms with Gasteiger partial charge in [-0.1, -0.05) is 18.2 Å². The fourth-order valence-electron chi connectivity index (χ4n) is 1.53. The van der Waals surface area contributed by atoms with Crippen molar-refractivity contribution in [2.24, 2.45) is 0 Å². The van der Waals surface area contributed by atoms with E-state index in [1.54, 1.807) is 24.3 Å². The molecule has 0 amide bonds. The van der Waals surface area contributed by atoms with Crippen LogP contribution < -0.4 is 10.5 Å². The molecule has 17 heavy (non-hydrogen) atoms. The predicted octanol–water partition coefficient (Wildman–Crippen LogP) is 3.24. The summed E-state index contributed by atoms with van der Waals surface area (Å²) < 4.78 is 5.64. The number of rotatable bonds is 2. The van der Waals surface area contributed by atoms with Crippen molar-refractivity contribution in [1.82, 2.24) is 0 Å². The third-order valence-electron chi connectivity index (χ3n) is 2.39. The summed E-state index contributed by atoms with van der Waals surface area (Å²) in [6.45, 7) is 1.96. The predicted molar refractivity (Wildman–Crippen MR) is 66.8 cm³/mol. The molecule has 0 unspecified atom stereocenters. The maximum absolute atomic E-state index is 8.95. The van der Waals surface area contributed by atoms with Gasteiger partial charge < -0.3 is 10.5 Å². The van der Waals surface area contributed by atoms with Gasteiger partial charge in [0.25, 0.3) is 0 Å². The maximum atomic E-state index is 8.95. The Morgan fingerprint density at radius 1 is 1.12 bits per heavy atom. The average molecular weight is 224 g/mol. The standard InChI is InChI=1S/C14H12N2O/c1-10-6-7-14(12(16)8-10)17-13-5-3-2-4-11(13)9-15/h2-8H,16H2,1H3. The minimum atomic E-state index is 0.493. The normalized spacial score (nSPS) is 9.65. The lowest BCUT2D eigenvalue weighted by atomic mass is 10.2. The quantitative estimate of drug-likeness (QED) is 0.796. The summed E-state index contributed by atoms with van der Waals surface area (Å²) in [7, 11) is 0. The molecule has 2 aromatic carbocycles. The van der Waals surface area contributed by atoms with E-state index in [2.05, 4.69) is 6.07 Å². The molecule has 0 bridgehead atoms. The first-order valence-electron chi connectivity index (χ1n) is 5.24. The lowest BCUT2D eigenvalue weighted by Crippen LogP contribution is -1.94. The number of para-hydroxylation sites is 1. The Hall–Kier alpha value is -2.47. The Balaban J connectivity index is 2.35. The SMILES string of the molecule is Cc1ccc(Oc2ccccc2C#N)c(N)c1. The van der Waals surface area contributed by atoms with Crippen molar-refractivity contribution in [3.05, 3.63) is 53.6 Å². The van der Waals surface area contributed by atoms with Gasteiger partial charge in [-0.2, -0.15) is 5.26 Å². The van der Waals surface area contributed by atoms with Crippen LogP contribution in [0, 0.1) is 18.3 Å². The highest BCUT2D eigenvalue weighted by atomic mass is 16.5. The number of nitriles is 1. The van der Waals surface area contributed by atoms with Gasteiger partial charge in [0.15, 0.2) is 0 Å². The third-order valence-corrected chi connectivity index (χ3v) is 2.39. The van der Waals surface area contributed by atoms with Crippen LogP contribution in [-0.2, 0) is 0 Å². The molecule has 0 saturated heterocycles. The minimum Gasteiger partial charge on any atom is -0.454 e. The van der Waals surface area contributed by atoms with Crippen molar-refractivity contribution in [1.29, 1.82) is 5.26 Å². The van der Waals surface area contributed by atoms with Gasteiger partial charge in [0, 0.05) is 0 Å². The molecule has 0 spiro atoms. The molecule has 0 aliphatic rings. The third kappa shape index (κ3) is 2.37. The Morgan fingerprint density at radius 3 is 2.59 bits per heavy atom. The molecule has 0 aliphatic carbocycles. The van der Waals surface area contributed by atoms with E-state index < -0.39 is 0 Å². The van der Waals surface area contributed by atoms with Crippen molar-refractivity contribution in [2.75, 3.05) is 5.73 Å². The molecule has 0 aliphatic heterocycles. The zero-order valence-electron chi connectivity index (χ0n) is 9.47. The van der Waals surface area contributed by atoms with Crippen molar-refractivity contribution in [3.63, 3.8) is 0 Å². The molecule has 0 fully saturated rings. The van der Waals surface area contributed by atoms with Gasteiger partial charge in [-0.3, -0.25) is 0 Å². The summed E-state index contributed by atoms with van der Waals surface area (Å²) in [6, 6.07) is 14.7. The minimum absolute atomic E-state index is 0.493. The first-order valence-corrected chi connectivity index (χ1v) is 5.24. The van der Waals surface area contributed by atoms with Crippen LogP contribution in [-0.4, -0.2) is 0 Å². The molecule has 3 nitrogen and oxygen atoms in total. The fraction of sp³-hybridized carbons (Fsp3) is 0.0714. The molecule has 0 saturated carbocycles. The van der Waals surface area contributed by atoms with Crippen LogP contribution in [0.2, 0.25) is 0 Å². The maximum Gasteiger partial charge on any atom is 0.150 e. The van der Waals surface area contributed by atoms with Gasteiger partial charge in [0.2, 0.25) is 0 Å². The molecule has 3 heteroatoms. The van der Waals surface area contributed by atoms with Crippen LogP contribution in [0.25, 0.3) is 0 Å². The van der Waals surface area contributed by atoms with E-state index in [1.165, 1.54) is 0 Å². The van der Waals surface area contributed by atoms with Gasteiger partial charge in [-0.15, -0.1) is 0 Å². The highest BCUT2D eigenvalue weighted by Crippen LogP contribution is 2.29. The van der Waals surface area contributed by atoms with E-state index >= 15 is 0 Å². The molecule has 2 rings (SSSR count). The van der Waals surface area contributed by atoms with E-state index in [0.29, 0.717) is 22.7 Å². The van der Waals surface area contributed by atoms with E-state index in [-0.39, 0.29) is 0 Å². The molecule has 2 N–H and O–H groups in total. The van der Waals surface area contributed by atoms with E-state index in [9.17, 15) is 0 Å². The van der Waals surface area contributed by atoms with Crippen molar-refractivity contribution in [2.45, 2.75) is 6.92 Å². The van der Waals surface area contributed by atoms with Crippen LogP contribution >= 0.6 is 0 Å². The number of anilines is 1. The van der Waals surface area contributed by atoms with Gasteiger partial charge in [0.05, 0.1) is 11.3 Å². The van der Waals surface area contributed by atoms with Gasteiger partial charge >= 0.3 is 0 Å². The smallest absolute Gasteiger partial charge is 0.150 e. The zero-order chi connectivity index (χ0) is 12.3. The Morgan fingerprint density at radius 2 is 1.88 bits per heavy atom. The first kappa shape index (κ1) is 11.0. The summed E-state index contributed by atoms with van der Waals surface area (Å²) in [4.78, 5) is 0. The Bertz CT molecular complexity index is 585. The first-order chi connectivity index (χ1) is 8.20. The molecular formula is C14H12N2O. The summed E-state index contributed by atoms with van der Waals surface area (Å²) in [5, 5.41) is 8.95. The second kappa shape index (κ2) is 4.58. The van der Waals surface area contributed by atoms with Crippen molar-refractivity contribution in [3.8, 4) is 17.6 Å². The number of nitrogens with zero attached hydrogens (tertiary/aromatic N) is 1. The second-order valence-electron chi connectivity index (χ2n) is 3.75. The van der Waals surface area contributed by atoms with Gasteiger partial charge in [0.1, 0.15) is 17.6 Å². The van der Waals surface area contributed by atoms with Crippen LogP contribution in [0.5, 0.6) is 11.5 Å². The highest BCUT2D eigenvalue weighted by Gasteiger charge is 2.06. The second-order valence-corrected chi connectivity index (χ2v) is 3.75. The number of hydrogen-bond donors (Lipinski definition) is 1. The fourth-order valence-corrected chi connectivity index (χ4v) is 1.53. The summed E-state index contributed by atoms with van der Waals surface area (Å²) in [5.41, 5.74) is 7.99. The summed E-state index contributed by atoms with van der Waals surface area (Å²) >= 11 is 0. The molecule has 0 aromatic heterocycles. The van der Waals surface area contributed by atoms with E-state index in [0.717, 1.165) is 5.56 Å². The highest BCUT2D eigenvalue weighted by molar-refractivity contribution is 5.56. The van der Waals surface area contributed by atoms with E-state index in [4.69, 9.17) is 15.7 Å². The van der Waals surface area contributed by atoms with Crippen LogP contribution in [0.1, 0.15) is 11.1 Å². The van der Waals surface area contributed by atoms with Crippen molar-refractivity contribution >= 4 is 5.69 Å². The number of benzene rings is 2. The van der Waals surface area contributed by atoms with Crippen LogP contribution in [0.15, 0.2) is 42.5 Å². The van der Waals surface area contributed by atoms with Crippen LogP contribution in [0.4, 0.5) is 5.69 Å². The van der Waals surface area contributed by atoms with E-state index in [1.807, 2.05) is 25.1 Å². The number of ether oxygens (including phenoxy) is 1. The topological polar surface area (TPSA) is 59.0 Å². The monoisotopic (exact) mass is 224 g/mol. The Labute approximate surface area is 100 Å².